The highest BCUT2D eigenvalue weighted by Crippen LogP contribution is 2.29. The number of aryl methyl sites for hydroxylation is 1. The van der Waals surface area contributed by atoms with Crippen LogP contribution < -0.4 is 0 Å². The molecule has 100 valence electrons. The predicted molar refractivity (Wildman–Crippen MR) is 76.5 cm³/mol. The Morgan fingerprint density at radius 1 is 1.00 bits per heavy atom. The summed E-state index contributed by atoms with van der Waals surface area (Å²) >= 11 is 0. The summed E-state index contributed by atoms with van der Waals surface area (Å²) in [5, 5.41) is 0.495. The Kier molecular flexibility index (Phi) is 3.18. The first-order valence-corrected chi connectivity index (χ1v) is 6.52. The summed E-state index contributed by atoms with van der Waals surface area (Å²) in [7, 11) is 0. The molecule has 0 aliphatic heterocycles. The van der Waals surface area contributed by atoms with Gasteiger partial charge in [0, 0.05) is 17.6 Å². The van der Waals surface area contributed by atoms with Crippen molar-refractivity contribution in [1.82, 2.24) is 4.98 Å². The summed E-state index contributed by atoms with van der Waals surface area (Å²) in [5.74, 6) is -1.22. The molecule has 1 nitrogen and oxygen atoms in total. The molecule has 20 heavy (non-hydrogen) atoms. The van der Waals surface area contributed by atoms with Gasteiger partial charge in [-0.2, -0.15) is 0 Å². The van der Waals surface area contributed by atoms with Crippen molar-refractivity contribution in [3.63, 3.8) is 0 Å². The van der Waals surface area contributed by atoms with Gasteiger partial charge in [0.25, 0.3) is 0 Å². The first-order valence-electron chi connectivity index (χ1n) is 6.52. The number of nitrogens with zero attached hydrogens (tertiary/aromatic N) is 1. The van der Waals surface area contributed by atoms with E-state index in [4.69, 9.17) is 0 Å². The maximum Gasteiger partial charge on any atom is 0.152 e. The molecule has 2 aromatic carbocycles. The monoisotopic (exact) mass is 269 g/mol. The predicted octanol–water partition coefficient (Wildman–Crippen LogP) is 4.74. The molecule has 0 spiro atoms. The summed E-state index contributed by atoms with van der Waals surface area (Å²) in [6, 6.07) is 12.0. The van der Waals surface area contributed by atoms with E-state index in [-0.39, 0.29) is 5.52 Å². The molecule has 0 saturated carbocycles. The fraction of sp³-hybridized carbons (Fsp3) is 0.118. The Hall–Kier alpha value is -2.29. The molecule has 1 aromatic heterocycles. The topological polar surface area (TPSA) is 12.9 Å². The molecule has 3 heteroatoms. The van der Waals surface area contributed by atoms with Gasteiger partial charge in [0.1, 0.15) is 11.3 Å². The van der Waals surface area contributed by atoms with Gasteiger partial charge in [0.05, 0.1) is 0 Å². The van der Waals surface area contributed by atoms with Crippen LogP contribution in [0, 0.1) is 11.6 Å². The van der Waals surface area contributed by atoms with Crippen molar-refractivity contribution in [3.05, 3.63) is 65.9 Å². The first-order chi connectivity index (χ1) is 9.69. The third-order valence-corrected chi connectivity index (χ3v) is 3.44. The van der Waals surface area contributed by atoms with Crippen LogP contribution in [0.15, 0.2) is 48.7 Å². The summed E-state index contributed by atoms with van der Waals surface area (Å²) in [6.07, 6.45) is 2.51. The zero-order valence-corrected chi connectivity index (χ0v) is 11.0. The van der Waals surface area contributed by atoms with E-state index in [1.807, 2.05) is 24.3 Å². The molecule has 0 saturated heterocycles. The molecule has 0 unspecified atom stereocenters. The largest absolute Gasteiger partial charge is 0.253 e. The van der Waals surface area contributed by atoms with E-state index in [9.17, 15) is 8.78 Å². The van der Waals surface area contributed by atoms with Gasteiger partial charge in [-0.25, -0.2) is 8.78 Å². The van der Waals surface area contributed by atoms with Crippen molar-refractivity contribution in [2.75, 3.05) is 0 Å². The highest BCUT2D eigenvalue weighted by molar-refractivity contribution is 5.94. The van der Waals surface area contributed by atoms with E-state index >= 15 is 0 Å². The van der Waals surface area contributed by atoms with Crippen LogP contribution in [0.1, 0.15) is 12.5 Å². The highest BCUT2D eigenvalue weighted by atomic mass is 19.1. The van der Waals surface area contributed by atoms with Crippen LogP contribution >= 0.6 is 0 Å². The fourth-order valence-corrected chi connectivity index (χ4v) is 2.35. The number of halogens is 2. The molecular formula is C17H13F2N. The van der Waals surface area contributed by atoms with Gasteiger partial charge in [-0.05, 0) is 35.2 Å². The molecule has 0 amide bonds. The summed E-state index contributed by atoms with van der Waals surface area (Å²) in [6.45, 7) is 2.08. The van der Waals surface area contributed by atoms with E-state index < -0.39 is 11.6 Å². The minimum atomic E-state index is -0.632. The molecule has 0 aliphatic carbocycles. The molecule has 3 aromatic rings. The van der Waals surface area contributed by atoms with Gasteiger partial charge >= 0.3 is 0 Å². The van der Waals surface area contributed by atoms with Crippen LogP contribution in [0.2, 0.25) is 0 Å². The lowest BCUT2D eigenvalue weighted by Crippen LogP contribution is -1.90. The Morgan fingerprint density at radius 3 is 2.45 bits per heavy atom. The lowest BCUT2D eigenvalue weighted by atomic mass is 9.99. The molecule has 0 atom stereocenters. The van der Waals surface area contributed by atoms with E-state index in [1.54, 1.807) is 12.3 Å². The first kappa shape index (κ1) is 12.7. The number of hydrogen-bond donors (Lipinski definition) is 0. The van der Waals surface area contributed by atoms with Crippen LogP contribution in [0.25, 0.3) is 22.0 Å². The molecule has 0 fully saturated rings. The molecule has 0 aliphatic rings. The molecule has 0 radical (unpaired) electrons. The maximum absolute atomic E-state index is 13.8. The van der Waals surface area contributed by atoms with Crippen molar-refractivity contribution in [1.29, 1.82) is 0 Å². The minimum Gasteiger partial charge on any atom is -0.253 e. The van der Waals surface area contributed by atoms with Gasteiger partial charge in [0.2, 0.25) is 0 Å². The van der Waals surface area contributed by atoms with Crippen LogP contribution in [-0.2, 0) is 6.42 Å². The average molecular weight is 269 g/mol. The van der Waals surface area contributed by atoms with Crippen LogP contribution in [0.4, 0.5) is 8.78 Å². The zero-order valence-electron chi connectivity index (χ0n) is 11.0. The average Bonchev–Trinajstić information content (AvgIpc) is 2.47. The number of benzene rings is 2. The van der Waals surface area contributed by atoms with Crippen molar-refractivity contribution < 1.29 is 8.78 Å². The van der Waals surface area contributed by atoms with Crippen LogP contribution in [-0.4, -0.2) is 4.98 Å². The van der Waals surface area contributed by atoms with Crippen LogP contribution in [0.5, 0.6) is 0 Å². The molecule has 3 rings (SSSR count). The summed E-state index contributed by atoms with van der Waals surface area (Å²) in [5.41, 5.74) is 3.14. The van der Waals surface area contributed by atoms with E-state index in [0.29, 0.717) is 5.39 Å². The molecule has 0 bridgehead atoms. The minimum absolute atomic E-state index is 0.198. The Bertz CT molecular complexity index is 764. The van der Waals surface area contributed by atoms with E-state index in [2.05, 4.69) is 11.9 Å². The lowest BCUT2D eigenvalue weighted by Gasteiger charge is -2.08. The second kappa shape index (κ2) is 5.00. The third kappa shape index (κ3) is 2.16. The van der Waals surface area contributed by atoms with Gasteiger partial charge in [-0.1, -0.05) is 31.2 Å². The molecular weight excluding hydrogens is 256 g/mol. The Morgan fingerprint density at radius 2 is 1.75 bits per heavy atom. The number of aromatic nitrogens is 1. The van der Waals surface area contributed by atoms with Crippen LogP contribution in [0.3, 0.4) is 0 Å². The number of fused-ring (bicyclic) bond motifs is 1. The van der Waals surface area contributed by atoms with Gasteiger partial charge < -0.3 is 0 Å². The second-order valence-corrected chi connectivity index (χ2v) is 4.69. The SMILES string of the molecule is CCc1ccc(-c2ccnc3c(F)cc(F)cc23)cc1. The highest BCUT2D eigenvalue weighted by Gasteiger charge is 2.10. The number of rotatable bonds is 2. The maximum atomic E-state index is 13.8. The quantitative estimate of drug-likeness (QED) is 0.654. The third-order valence-electron chi connectivity index (χ3n) is 3.44. The lowest BCUT2D eigenvalue weighted by molar-refractivity contribution is 0.590. The van der Waals surface area contributed by atoms with Gasteiger partial charge in [0.15, 0.2) is 5.82 Å². The normalized spacial score (nSPS) is 10.9. The van der Waals surface area contributed by atoms with Crippen molar-refractivity contribution in [2.24, 2.45) is 0 Å². The second-order valence-electron chi connectivity index (χ2n) is 4.69. The van der Waals surface area contributed by atoms with Crippen molar-refractivity contribution in [2.45, 2.75) is 13.3 Å². The number of pyridine rings is 1. The zero-order chi connectivity index (χ0) is 14.1. The van der Waals surface area contributed by atoms with Gasteiger partial charge in [-0.15, -0.1) is 0 Å². The van der Waals surface area contributed by atoms with Crippen molar-refractivity contribution >= 4 is 10.9 Å². The van der Waals surface area contributed by atoms with E-state index in [1.165, 1.54) is 11.6 Å². The van der Waals surface area contributed by atoms with Crippen molar-refractivity contribution in [3.8, 4) is 11.1 Å². The number of hydrogen-bond acceptors (Lipinski definition) is 1. The van der Waals surface area contributed by atoms with E-state index in [0.717, 1.165) is 23.6 Å². The standard InChI is InChI=1S/C17H13F2N/c1-2-11-3-5-12(6-4-11)14-7-8-20-17-15(14)9-13(18)10-16(17)19/h3-10H,2H2,1H3. The summed E-state index contributed by atoms with van der Waals surface area (Å²) < 4.78 is 27.2. The fourth-order valence-electron chi connectivity index (χ4n) is 2.35. The summed E-state index contributed by atoms with van der Waals surface area (Å²) in [4.78, 5) is 4.00. The van der Waals surface area contributed by atoms with Gasteiger partial charge in [-0.3, -0.25) is 4.98 Å². The Labute approximate surface area is 115 Å². The molecule has 1 heterocycles. The Balaban J connectivity index is 2.24. The smallest absolute Gasteiger partial charge is 0.152 e. The molecule has 0 N–H and O–H groups in total.